The van der Waals surface area contributed by atoms with Gasteiger partial charge < -0.3 is 14.4 Å². The monoisotopic (exact) mass is 259 g/mol. The number of hydrogen-bond donors (Lipinski definition) is 1. The van der Waals surface area contributed by atoms with E-state index in [-0.39, 0.29) is 12.2 Å². The molecule has 0 saturated carbocycles. The summed E-state index contributed by atoms with van der Waals surface area (Å²) in [7, 11) is 3.34. The first-order chi connectivity index (χ1) is 9.08. The standard InChI is InChI=1S/C15H17NO3/c1-10-8-11(5-7-14(10)19-3)13-6-4-12(9-17)15(18)16(13)2/h4-8,17H,9H2,1-3H3. The van der Waals surface area contributed by atoms with Crippen LogP contribution in [0.4, 0.5) is 0 Å². The fourth-order valence-corrected chi connectivity index (χ4v) is 2.14. The summed E-state index contributed by atoms with van der Waals surface area (Å²) in [6, 6.07) is 9.28. The molecule has 0 radical (unpaired) electrons. The number of aliphatic hydroxyl groups is 1. The number of ether oxygens (including phenoxy) is 1. The molecule has 0 spiro atoms. The molecule has 0 bridgehead atoms. The van der Waals surface area contributed by atoms with Gasteiger partial charge in [-0.05, 0) is 48.4 Å². The number of hydrogen-bond acceptors (Lipinski definition) is 3. The summed E-state index contributed by atoms with van der Waals surface area (Å²) in [4.78, 5) is 12.0. The van der Waals surface area contributed by atoms with Crippen LogP contribution in [0, 0.1) is 6.92 Å². The molecule has 19 heavy (non-hydrogen) atoms. The lowest BCUT2D eigenvalue weighted by molar-refractivity contribution is 0.279. The van der Waals surface area contributed by atoms with Crippen LogP contribution in [0.15, 0.2) is 35.1 Å². The Morgan fingerprint density at radius 3 is 2.58 bits per heavy atom. The first kappa shape index (κ1) is 13.4. The SMILES string of the molecule is COc1ccc(-c2ccc(CO)c(=O)n2C)cc1C. The van der Waals surface area contributed by atoms with Crippen LogP contribution in [-0.2, 0) is 13.7 Å². The van der Waals surface area contributed by atoms with E-state index in [4.69, 9.17) is 9.84 Å². The lowest BCUT2D eigenvalue weighted by Gasteiger charge is -2.12. The predicted molar refractivity (Wildman–Crippen MR) is 74.3 cm³/mol. The van der Waals surface area contributed by atoms with Gasteiger partial charge in [-0.25, -0.2) is 0 Å². The van der Waals surface area contributed by atoms with Gasteiger partial charge in [0.2, 0.25) is 0 Å². The summed E-state index contributed by atoms with van der Waals surface area (Å²) >= 11 is 0. The Morgan fingerprint density at radius 2 is 2.00 bits per heavy atom. The number of benzene rings is 1. The van der Waals surface area contributed by atoms with E-state index in [0.717, 1.165) is 22.6 Å². The summed E-state index contributed by atoms with van der Waals surface area (Å²) in [6.07, 6.45) is 0. The molecule has 0 aliphatic carbocycles. The Hall–Kier alpha value is -2.07. The lowest BCUT2D eigenvalue weighted by atomic mass is 10.1. The molecule has 4 heteroatoms. The minimum Gasteiger partial charge on any atom is -0.496 e. The second-order valence-electron chi connectivity index (χ2n) is 4.45. The van der Waals surface area contributed by atoms with E-state index in [2.05, 4.69) is 0 Å². The maximum atomic E-state index is 12.0. The van der Waals surface area contributed by atoms with Crippen LogP contribution in [0.5, 0.6) is 5.75 Å². The Kier molecular flexibility index (Phi) is 3.71. The Morgan fingerprint density at radius 1 is 1.26 bits per heavy atom. The van der Waals surface area contributed by atoms with Crippen molar-refractivity contribution >= 4 is 0 Å². The molecule has 0 atom stereocenters. The zero-order valence-electron chi connectivity index (χ0n) is 11.3. The van der Waals surface area contributed by atoms with Crippen LogP contribution in [-0.4, -0.2) is 16.8 Å². The summed E-state index contributed by atoms with van der Waals surface area (Å²) < 4.78 is 6.77. The topological polar surface area (TPSA) is 51.5 Å². The normalized spacial score (nSPS) is 10.5. The van der Waals surface area contributed by atoms with Crippen molar-refractivity contribution in [3.63, 3.8) is 0 Å². The molecule has 0 saturated heterocycles. The molecule has 2 aromatic rings. The fourth-order valence-electron chi connectivity index (χ4n) is 2.14. The molecule has 0 aliphatic heterocycles. The van der Waals surface area contributed by atoms with E-state index in [0.29, 0.717) is 5.56 Å². The van der Waals surface area contributed by atoms with Gasteiger partial charge in [0.1, 0.15) is 5.75 Å². The Balaban J connectivity index is 2.57. The van der Waals surface area contributed by atoms with E-state index >= 15 is 0 Å². The molecule has 0 aliphatic rings. The van der Waals surface area contributed by atoms with Crippen LogP contribution >= 0.6 is 0 Å². The number of pyridine rings is 1. The van der Waals surface area contributed by atoms with E-state index < -0.39 is 0 Å². The lowest BCUT2D eigenvalue weighted by Crippen LogP contribution is -2.22. The summed E-state index contributed by atoms with van der Waals surface area (Å²) in [5.41, 5.74) is 3.00. The van der Waals surface area contributed by atoms with Gasteiger partial charge in [-0.3, -0.25) is 4.79 Å². The molecular weight excluding hydrogens is 242 g/mol. The number of aliphatic hydroxyl groups excluding tert-OH is 1. The molecular formula is C15H17NO3. The third-order valence-electron chi connectivity index (χ3n) is 3.24. The highest BCUT2D eigenvalue weighted by Gasteiger charge is 2.08. The van der Waals surface area contributed by atoms with Gasteiger partial charge in [0.15, 0.2) is 0 Å². The van der Waals surface area contributed by atoms with E-state index in [1.165, 1.54) is 0 Å². The largest absolute Gasteiger partial charge is 0.496 e. The number of methoxy groups -OCH3 is 1. The van der Waals surface area contributed by atoms with Crippen molar-refractivity contribution in [2.24, 2.45) is 7.05 Å². The minimum atomic E-state index is -0.241. The second kappa shape index (κ2) is 5.28. The first-order valence-corrected chi connectivity index (χ1v) is 6.03. The average molecular weight is 259 g/mol. The third-order valence-corrected chi connectivity index (χ3v) is 3.24. The average Bonchev–Trinajstić information content (AvgIpc) is 2.41. The smallest absolute Gasteiger partial charge is 0.256 e. The third kappa shape index (κ3) is 2.39. The van der Waals surface area contributed by atoms with E-state index in [1.54, 1.807) is 24.8 Å². The zero-order valence-corrected chi connectivity index (χ0v) is 11.3. The van der Waals surface area contributed by atoms with Gasteiger partial charge in [-0.15, -0.1) is 0 Å². The van der Waals surface area contributed by atoms with Crippen molar-refractivity contribution in [2.45, 2.75) is 13.5 Å². The number of aromatic nitrogens is 1. The highest BCUT2D eigenvalue weighted by molar-refractivity contribution is 5.62. The minimum absolute atomic E-state index is 0.173. The van der Waals surface area contributed by atoms with Crippen molar-refractivity contribution in [3.8, 4) is 17.0 Å². The van der Waals surface area contributed by atoms with Gasteiger partial charge in [0.05, 0.1) is 19.4 Å². The van der Waals surface area contributed by atoms with Gasteiger partial charge in [0, 0.05) is 12.6 Å². The molecule has 100 valence electrons. The zero-order chi connectivity index (χ0) is 14.0. The molecule has 1 aromatic heterocycles. The quantitative estimate of drug-likeness (QED) is 0.915. The van der Waals surface area contributed by atoms with Crippen LogP contribution in [0.25, 0.3) is 11.3 Å². The molecule has 1 N–H and O–H groups in total. The molecule has 0 amide bonds. The van der Waals surface area contributed by atoms with Crippen LogP contribution in [0.1, 0.15) is 11.1 Å². The molecule has 1 aromatic carbocycles. The Labute approximate surface area is 111 Å². The van der Waals surface area contributed by atoms with Crippen molar-refractivity contribution in [2.75, 3.05) is 7.11 Å². The van der Waals surface area contributed by atoms with Crippen molar-refractivity contribution in [1.29, 1.82) is 0 Å². The second-order valence-corrected chi connectivity index (χ2v) is 4.45. The van der Waals surface area contributed by atoms with Crippen LogP contribution in [0.2, 0.25) is 0 Å². The van der Waals surface area contributed by atoms with Crippen LogP contribution in [0.3, 0.4) is 0 Å². The number of nitrogens with zero attached hydrogens (tertiary/aromatic N) is 1. The number of aryl methyl sites for hydroxylation is 1. The summed E-state index contributed by atoms with van der Waals surface area (Å²) in [6.45, 7) is 1.72. The fraction of sp³-hybridized carbons (Fsp3) is 0.267. The number of rotatable bonds is 3. The van der Waals surface area contributed by atoms with Gasteiger partial charge in [-0.1, -0.05) is 0 Å². The van der Waals surface area contributed by atoms with E-state index in [1.807, 2.05) is 31.2 Å². The van der Waals surface area contributed by atoms with Crippen molar-refractivity contribution in [1.82, 2.24) is 4.57 Å². The molecule has 1 heterocycles. The maximum Gasteiger partial charge on any atom is 0.256 e. The van der Waals surface area contributed by atoms with Gasteiger partial charge in [0.25, 0.3) is 5.56 Å². The summed E-state index contributed by atoms with van der Waals surface area (Å²) in [5, 5.41) is 9.09. The maximum absolute atomic E-state index is 12.0. The highest BCUT2D eigenvalue weighted by atomic mass is 16.5. The predicted octanol–water partition coefficient (Wildman–Crippen LogP) is 1.86. The highest BCUT2D eigenvalue weighted by Crippen LogP contribution is 2.25. The molecule has 4 nitrogen and oxygen atoms in total. The summed E-state index contributed by atoms with van der Waals surface area (Å²) in [5.74, 6) is 0.820. The molecule has 0 unspecified atom stereocenters. The molecule has 2 rings (SSSR count). The van der Waals surface area contributed by atoms with Gasteiger partial charge in [-0.2, -0.15) is 0 Å². The molecule has 0 fully saturated rings. The Bertz CT molecular complexity index is 659. The first-order valence-electron chi connectivity index (χ1n) is 6.03. The van der Waals surface area contributed by atoms with Crippen molar-refractivity contribution in [3.05, 3.63) is 51.8 Å². The van der Waals surface area contributed by atoms with Gasteiger partial charge >= 0.3 is 0 Å². The van der Waals surface area contributed by atoms with E-state index in [9.17, 15) is 4.79 Å². The van der Waals surface area contributed by atoms with Crippen molar-refractivity contribution < 1.29 is 9.84 Å². The van der Waals surface area contributed by atoms with Crippen LogP contribution < -0.4 is 10.3 Å².